The fourth-order valence-electron chi connectivity index (χ4n) is 5.13. The highest BCUT2D eigenvalue weighted by atomic mass is 15.3. The Bertz CT molecular complexity index is 852. The molecular weight excluding hydrogens is 334 g/mol. The lowest BCUT2D eigenvalue weighted by Gasteiger charge is -2.33. The van der Waals surface area contributed by atoms with E-state index in [1.165, 1.54) is 55.7 Å². The zero-order chi connectivity index (χ0) is 18.3. The molecule has 2 aromatic rings. The smallest absolute Gasteiger partial charge is 0.136 e. The van der Waals surface area contributed by atoms with Gasteiger partial charge in [-0.1, -0.05) is 18.6 Å². The van der Waals surface area contributed by atoms with E-state index in [4.69, 9.17) is 5.26 Å². The Hall–Kier alpha value is -2.19. The van der Waals surface area contributed by atoms with Gasteiger partial charge in [-0.2, -0.15) is 5.26 Å². The Morgan fingerprint density at radius 3 is 2.63 bits per heavy atom. The molecule has 1 atom stereocenters. The Morgan fingerprint density at radius 1 is 1.04 bits per heavy atom. The molecule has 140 valence electrons. The van der Waals surface area contributed by atoms with Crippen molar-refractivity contribution in [2.75, 3.05) is 13.1 Å². The van der Waals surface area contributed by atoms with Crippen molar-refractivity contribution in [3.05, 3.63) is 47.0 Å². The Kier molecular flexibility index (Phi) is 4.24. The third-order valence-corrected chi connectivity index (χ3v) is 6.98. The molecule has 1 saturated heterocycles. The largest absolute Gasteiger partial charge is 0.315 e. The monoisotopic (exact) mass is 361 g/mol. The first kappa shape index (κ1) is 16.9. The van der Waals surface area contributed by atoms with Gasteiger partial charge in [0.2, 0.25) is 0 Å². The predicted octanol–water partition coefficient (Wildman–Crippen LogP) is 3.65. The molecule has 1 aliphatic carbocycles. The maximum Gasteiger partial charge on any atom is 0.136 e. The average molecular weight is 361 g/mol. The molecule has 1 saturated carbocycles. The number of rotatable bonds is 3. The van der Waals surface area contributed by atoms with Crippen molar-refractivity contribution in [1.29, 1.82) is 5.26 Å². The van der Waals surface area contributed by atoms with E-state index in [2.05, 4.69) is 37.9 Å². The fraction of sp³-hybridized carbons (Fsp3) is 0.591. The highest BCUT2D eigenvalue weighted by molar-refractivity contribution is 5.31. The van der Waals surface area contributed by atoms with Gasteiger partial charge < -0.3 is 4.57 Å². The molecule has 0 unspecified atom stereocenters. The van der Waals surface area contributed by atoms with Crippen molar-refractivity contribution in [1.82, 2.24) is 19.7 Å². The molecule has 1 aromatic carbocycles. The van der Waals surface area contributed by atoms with Crippen LogP contribution in [-0.4, -0.2) is 32.8 Å². The summed E-state index contributed by atoms with van der Waals surface area (Å²) in [6.45, 7) is 4.44. The maximum absolute atomic E-state index is 8.94. The molecule has 2 aliphatic heterocycles. The third kappa shape index (κ3) is 3.17. The summed E-state index contributed by atoms with van der Waals surface area (Å²) in [4.78, 5) is 2.56. The lowest BCUT2D eigenvalue weighted by Crippen LogP contribution is -2.34. The van der Waals surface area contributed by atoms with Crippen LogP contribution in [0.3, 0.4) is 0 Å². The molecule has 1 aromatic heterocycles. The summed E-state index contributed by atoms with van der Waals surface area (Å²) in [5.74, 6) is 3.14. The molecule has 2 fully saturated rings. The molecule has 0 radical (unpaired) electrons. The maximum atomic E-state index is 8.94. The van der Waals surface area contributed by atoms with Crippen LogP contribution in [0.1, 0.15) is 67.2 Å². The summed E-state index contributed by atoms with van der Waals surface area (Å²) >= 11 is 0. The van der Waals surface area contributed by atoms with Gasteiger partial charge in [-0.25, -0.2) is 0 Å². The molecule has 1 spiro atoms. The number of nitrogens with zero attached hydrogens (tertiary/aromatic N) is 5. The molecule has 5 heteroatoms. The number of piperidine rings is 1. The molecule has 5 nitrogen and oxygen atoms in total. The van der Waals surface area contributed by atoms with E-state index in [9.17, 15) is 0 Å². The van der Waals surface area contributed by atoms with Crippen LogP contribution < -0.4 is 0 Å². The van der Waals surface area contributed by atoms with Gasteiger partial charge >= 0.3 is 0 Å². The second-order valence-electron chi connectivity index (χ2n) is 8.64. The van der Waals surface area contributed by atoms with E-state index in [1.54, 1.807) is 0 Å². The lowest BCUT2D eigenvalue weighted by atomic mass is 9.90. The summed E-state index contributed by atoms with van der Waals surface area (Å²) in [6, 6.07) is 10.2. The summed E-state index contributed by atoms with van der Waals surface area (Å²) in [7, 11) is 0. The summed E-state index contributed by atoms with van der Waals surface area (Å²) in [5, 5.41) is 18.1. The molecule has 5 rings (SSSR count). The van der Waals surface area contributed by atoms with E-state index >= 15 is 0 Å². The molecule has 3 heterocycles. The SMILES string of the molecule is N#Cc1ccc(CN2CCC3(CC2)C[C@H]3c2nnc3n2CCCCC3)cc1. The van der Waals surface area contributed by atoms with E-state index in [-0.39, 0.29) is 0 Å². The van der Waals surface area contributed by atoms with Gasteiger partial charge in [0, 0.05) is 25.4 Å². The predicted molar refractivity (Wildman–Crippen MR) is 103 cm³/mol. The van der Waals surface area contributed by atoms with Crippen LogP contribution >= 0.6 is 0 Å². The highest BCUT2D eigenvalue weighted by Gasteiger charge is 2.57. The first-order valence-corrected chi connectivity index (χ1v) is 10.4. The van der Waals surface area contributed by atoms with Crippen LogP contribution in [0.4, 0.5) is 0 Å². The number of fused-ring (bicyclic) bond motifs is 1. The Labute approximate surface area is 161 Å². The fourth-order valence-corrected chi connectivity index (χ4v) is 5.13. The van der Waals surface area contributed by atoms with E-state index < -0.39 is 0 Å². The van der Waals surface area contributed by atoms with Crippen molar-refractivity contribution < 1.29 is 0 Å². The Balaban J connectivity index is 1.21. The Morgan fingerprint density at radius 2 is 1.85 bits per heavy atom. The van der Waals surface area contributed by atoms with Gasteiger partial charge in [-0.3, -0.25) is 4.90 Å². The number of hydrogen-bond acceptors (Lipinski definition) is 4. The summed E-state index contributed by atoms with van der Waals surface area (Å²) < 4.78 is 2.45. The molecular formula is C22H27N5. The van der Waals surface area contributed by atoms with Gasteiger partial charge in [0.05, 0.1) is 11.6 Å². The van der Waals surface area contributed by atoms with Crippen molar-refractivity contribution >= 4 is 0 Å². The van der Waals surface area contributed by atoms with Crippen LogP contribution in [0, 0.1) is 16.7 Å². The first-order valence-electron chi connectivity index (χ1n) is 10.4. The van der Waals surface area contributed by atoms with Gasteiger partial charge in [0.15, 0.2) is 0 Å². The van der Waals surface area contributed by atoms with Gasteiger partial charge in [-0.05, 0) is 68.3 Å². The topological polar surface area (TPSA) is 57.7 Å². The zero-order valence-electron chi connectivity index (χ0n) is 15.9. The summed E-state index contributed by atoms with van der Waals surface area (Å²) in [5.41, 5.74) is 2.53. The van der Waals surface area contributed by atoms with Gasteiger partial charge in [0.25, 0.3) is 0 Å². The number of hydrogen-bond donors (Lipinski definition) is 0. The van der Waals surface area contributed by atoms with Crippen molar-refractivity contribution in [2.45, 2.75) is 64.0 Å². The highest BCUT2D eigenvalue weighted by Crippen LogP contribution is 2.64. The first-order chi connectivity index (χ1) is 13.3. The number of benzene rings is 1. The molecule has 27 heavy (non-hydrogen) atoms. The minimum absolute atomic E-state index is 0.483. The van der Waals surface area contributed by atoms with E-state index in [1.807, 2.05) is 12.1 Å². The standard InChI is InChI=1S/C22H27N5/c23-15-17-5-7-18(8-6-17)16-26-12-9-22(10-13-26)14-19(22)21-25-24-20-4-2-1-3-11-27(20)21/h5-8,19H,1-4,9-14,16H2/t19-/m0/s1. The minimum atomic E-state index is 0.483. The average Bonchev–Trinajstić information content (AvgIpc) is 3.34. The third-order valence-electron chi connectivity index (χ3n) is 6.98. The zero-order valence-corrected chi connectivity index (χ0v) is 15.9. The second kappa shape index (κ2) is 6.76. The second-order valence-corrected chi connectivity index (χ2v) is 8.64. The molecule has 3 aliphatic rings. The molecule has 0 amide bonds. The van der Waals surface area contributed by atoms with Crippen molar-refractivity contribution in [3.63, 3.8) is 0 Å². The van der Waals surface area contributed by atoms with Gasteiger partial charge in [-0.15, -0.1) is 10.2 Å². The van der Waals surface area contributed by atoms with Crippen LogP contribution in [-0.2, 0) is 19.5 Å². The van der Waals surface area contributed by atoms with Crippen LogP contribution in [0.25, 0.3) is 0 Å². The number of likely N-dealkylation sites (tertiary alicyclic amines) is 1. The van der Waals surface area contributed by atoms with Gasteiger partial charge in [0.1, 0.15) is 11.6 Å². The quantitative estimate of drug-likeness (QED) is 0.837. The normalized spacial score (nSPS) is 24.2. The molecule has 0 N–H and O–H groups in total. The summed E-state index contributed by atoms with van der Waals surface area (Å²) in [6.07, 6.45) is 8.81. The number of nitriles is 1. The van der Waals surface area contributed by atoms with E-state index in [0.29, 0.717) is 11.3 Å². The van der Waals surface area contributed by atoms with E-state index in [0.717, 1.165) is 38.2 Å². The van der Waals surface area contributed by atoms with Crippen molar-refractivity contribution in [2.24, 2.45) is 5.41 Å². The number of aryl methyl sites for hydroxylation is 1. The van der Waals surface area contributed by atoms with Crippen molar-refractivity contribution in [3.8, 4) is 6.07 Å². The minimum Gasteiger partial charge on any atom is -0.315 e. The number of aromatic nitrogens is 3. The van der Waals surface area contributed by atoms with Crippen LogP contribution in [0.5, 0.6) is 0 Å². The van der Waals surface area contributed by atoms with Crippen LogP contribution in [0.2, 0.25) is 0 Å². The molecule has 0 bridgehead atoms. The van der Waals surface area contributed by atoms with Crippen LogP contribution in [0.15, 0.2) is 24.3 Å². The lowest BCUT2D eigenvalue weighted by molar-refractivity contribution is 0.161.